The maximum atomic E-state index is 11.5. The minimum atomic E-state index is -3.69. The molecular weight excluding hydrogens is 348 g/mol. The Morgan fingerprint density at radius 1 is 1.23 bits per heavy atom. The molecule has 26 heavy (non-hydrogen) atoms. The van der Waals surface area contributed by atoms with Crippen molar-refractivity contribution in [2.24, 2.45) is 10.1 Å². The van der Waals surface area contributed by atoms with Crippen LogP contribution in [0.15, 0.2) is 64.5 Å². The van der Waals surface area contributed by atoms with Crippen LogP contribution < -0.4 is 10.5 Å². The number of aliphatic imine (C=N–C) groups is 1. The topological polar surface area (TPSA) is 87.8 Å². The molecule has 3 N–H and O–H groups in total. The molecule has 0 aliphatic carbocycles. The summed E-state index contributed by atoms with van der Waals surface area (Å²) in [5, 5.41) is 8.52. The fraction of sp³-hybridized carbons (Fsp3) is 0.316. The summed E-state index contributed by atoms with van der Waals surface area (Å²) < 4.78 is 23.0. The Hall–Kier alpha value is -2.38. The van der Waals surface area contributed by atoms with Crippen molar-refractivity contribution in [1.82, 2.24) is 10.2 Å². The van der Waals surface area contributed by atoms with Crippen LogP contribution in [0, 0.1) is 0 Å². The number of nitrogens with two attached hydrogens (primary N) is 1. The van der Waals surface area contributed by atoms with Gasteiger partial charge in [-0.3, -0.25) is 4.99 Å². The monoisotopic (exact) mass is 372 g/mol. The highest BCUT2D eigenvalue weighted by Crippen LogP contribution is 2.26. The number of hydrogen-bond acceptors (Lipinski definition) is 3. The summed E-state index contributed by atoms with van der Waals surface area (Å²) in [6.45, 7) is 2.35. The summed E-state index contributed by atoms with van der Waals surface area (Å²) >= 11 is 0. The highest BCUT2D eigenvalue weighted by molar-refractivity contribution is 7.89. The van der Waals surface area contributed by atoms with Gasteiger partial charge in [0.15, 0.2) is 5.96 Å². The fourth-order valence-corrected chi connectivity index (χ4v) is 3.88. The molecule has 0 spiro atoms. The number of primary sulfonamides is 1. The van der Waals surface area contributed by atoms with Crippen molar-refractivity contribution in [2.45, 2.75) is 23.8 Å². The maximum Gasteiger partial charge on any atom is 0.238 e. The van der Waals surface area contributed by atoms with E-state index >= 15 is 0 Å². The van der Waals surface area contributed by atoms with Crippen LogP contribution in [0.3, 0.4) is 0 Å². The van der Waals surface area contributed by atoms with Gasteiger partial charge in [-0.05, 0) is 29.7 Å². The Kier molecular flexibility index (Phi) is 5.58. The highest BCUT2D eigenvalue weighted by atomic mass is 32.2. The van der Waals surface area contributed by atoms with Crippen LogP contribution in [-0.2, 0) is 16.6 Å². The van der Waals surface area contributed by atoms with Crippen LogP contribution in [-0.4, -0.2) is 39.4 Å². The second kappa shape index (κ2) is 7.88. The lowest BCUT2D eigenvalue weighted by atomic mass is 9.99. The predicted octanol–water partition coefficient (Wildman–Crippen LogP) is 1.90. The average molecular weight is 372 g/mol. The van der Waals surface area contributed by atoms with E-state index in [2.05, 4.69) is 39.5 Å². The van der Waals surface area contributed by atoms with E-state index in [0.29, 0.717) is 12.5 Å². The van der Waals surface area contributed by atoms with Crippen LogP contribution in [0.4, 0.5) is 0 Å². The van der Waals surface area contributed by atoms with E-state index < -0.39 is 10.0 Å². The smallest absolute Gasteiger partial charge is 0.238 e. The Morgan fingerprint density at radius 3 is 2.69 bits per heavy atom. The van der Waals surface area contributed by atoms with Gasteiger partial charge >= 0.3 is 0 Å². The van der Waals surface area contributed by atoms with E-state index in [1.807, 2.05) is 12.1 Å². The molecule has 1 unspecified atom stereocenters. The average Bonchev–Trinajstić information content (AvgIpc) is 3.13. The van der Waals surface area contributed by atoms with E-state index in [-0.39, 0.29) is 4.90 Å². The molecule has 1 aliphatic heterocycles. The molecule has 7 heteroatoms. The first-order valence-electron chi connectivity index (χ1n) is 8.59. The molecular formula is C19H24N4O2S. The molecule has 0 bridgehead atoms. The normalized spacial score (nSPS) is 18.2. The highest BCUT2D eigenvalue weighted by Gasteiger charge is 2.25. The number of nitrogens with one attached hydrogen (secondary N) is 1. The molecule has 1 aliphatic rings. The van der Waals surface area contributed by atoms with E-state index in [9.17, 15) is 8.42 Å². The molecule has 1 atom stereocenters. The molecule has 0 aromatic heterocycles. The molecule has 2 aromatic rings. The summed E-state index contributed by atoms with van der Waals surface area (Å²) in [5.74, 6) is 1.32. The van der Waals surface area contributed by atoms with E-state index in [0.717, 1.165) is 31.0 Å². The number of likely N-dealkylation sites (tertiary alicyclic amines) is 1. The third kappa shape index (κ3) is 4.42. The lowest BCUT2D eigenvalue weighted by Gasteiger charge is -2.22. The fourth-order valence-electron chi connectivity index (χ4n) is 3.30. The number of guanidine groups is 1. The number of hydrogen-bond donors (Lipinski definition) is 2. The second-order valence-electron chi connectivity index (χ2n) is 6.44. The maximum absolute atomic E-state index is 11.5. The lowest BCUT2D eigenvalue weighted by Crippen LogP contribution is -2.39. The Labute approximate surface area is 154 Å². The van der Waals surface area contributed by atoms with Gasteiger partial charge < -0.3 is 10.2 Å². The van der Waals surface area contributed by atoms with E-state index in [1.54, 1.807) is 19.2 Å². The summed E-state index contributed by atoms with van der Waals surface area (Å²) in [5.41, 5.74) is 2.20. The van der Waals surface area contributed by atoms with Crippen molar-refractivity contribution < 1.29 is 8.42 Å². The van der Waals surface area contributed by atoms with Gasteiger partial charge in [-0.25, -0.2) is 13.6 Å². The number of rotatable bonds is 4. The molecule has 0 amide bonds. The van der Waals surface area contributed by atoms with Gasteiger partial charge in [-0.15, -0.1) is 0 Å². The van der Waals surface area contributed by atoms with Crippen molar-refractivity contribution in [2.75, 3.05) is 20.1 Å². The van der Waals surface area contributed by atoms with Crippen LogP contribution in [0.1, 0.15) is 23.5 Å². The van der Waals surface area contributed by atoms with Gasteiger partial charge in [0, 0.05) is 32.6 Å². The predicted molar refractivity (Wildman–Crippen MR) is 103 cm³/mol. The summed E-state index contributed by atoms with van der Waals surface area (Å²) in [4.78, 5) is 6.73. The molecule has 1 heterocycles. The number of nitrogens with zero attached hydrogens (tertiary/aromatic N) is 2. The summed E-state index contributed by atoms with van der Waals surface area (Å²) in [6.07, 6.45) is 1.09. The molecule has 0 radical (unpaired) electrons. The first kappa shape index (κ1) is 18.4. The zero-order chi connectivity index (χ0) is 18.6. The summed E-state index contributed by atoms with van der Waals surface area (Å²) in [6, 6.07) is 17.2. The van der Waals surface area contributed by atoms with Gasteiger partial charge in [-0.2, -0.15) is 0 Å². The van der Waals surface area contributed by atoms with Crippen molar-refractivity contribution >= 4 is 16.0 Å². The van der Waals surface area contributed by atoms with Gasteiger partial charge in [0.05, 0.1) is 4.90 Å². The molecule has 3 rings (SSSR count). The van der Waals surface area contributed by atoms with Gasteiger partial charge in [0.25, 0.3) is 0 Å². The standard InChI is InChI=1S/C19H24N4O2S/c1-21-19(22-13-15-6-5-9-18(12-15)26(20,24)25)23-11-10-17(14-23)16-7-3-2-4-8-16/h2-9,12,17H,10-11,13-14H2,1H3,(H,21,22)(H2,20,24,25). The second-order valence-corrected chi connectivity index (χ2v) is 8.00. The quantitative estimate of drug-likeness (QED) is 0.634. The van der Waals surface area contributed by atoms with E-state index in [4.69, 9.17) is 5.14 Å². The van der Waals surface area contributed by atoms with Crippen LogP contribution in [0.25, 0.3) is 0 Å². The molecule has 2 aromatic carbocycles. The van der Waals surface area contributed by atoms with Gasteiger partial charge in [0.1, 0.15) is 0 Å². The van der Waals surface area contributed by atoms with Crippen LogP contribution in [0.2, 0.25) is 0 Å². The first-order valence-corrected chi connectivity index (χ1v) is 10.1. The van der Waals surface area contributed by atoms with Crippen molar-refractivity contribution in [3.63, 3.8) is 0 Å². The molecule has 138 valence electrons. The molecule has 0 saturated carbocycles. The van der Waals surface area contributed by atoms with Gasteiger partial charge in [-0.1, -0.05) is 42.5 Å². The first-order chi connectivity index (χ1) is 12.5. The van der Waals surface area contributed by atoms with E-state index in [1.165, 1.54) is 11.6 Å². The van der Waals surface area contributed by atoms with Gasteiger partial charge in [0.2, 0.25) is 10.0 Å². The minimum absolute atomic E-state index is 0.122. The Morgan fingerprint density at radius 2 is 2.00 bits per heavy atom. The largest absolute Gasteiger partial charge is 0.352 e. The lowest BCUT2D eigenvalue weighted by molar-refractivity contribution is 0.486. The third-order valence-corrected chi connectivity index (χ3v) is 5.56. The van der Waals surface area contributed by atoms with Crippen molar-refractivity contribution in [3.8, 4) is 0 Å². The molecule has 1 fully saturated rings. The molecule has 1 saturated heterocycles. The number of sulfonamides is 1. The van der Waals surface area contributed by atoms with Crippen molar-refractivity contribution in [1.29, 1.82) is 0 Å². The SMILES string of the molecule is CN=C(NCc1cccc(S(N)(=O)=O)c1)N1CCC(c2ccccc2)C1. The minimum Gasteiger partial charge on any atom is -0.352 e. The van der Waals surface area contributed by atoms with Crippen molar-refractivity contribution in [3.05, 3.63) is 65.7 Å². The summed E-state index contributed by atoms with van der Waals surface area (Å²) in [7, 11) is -1.93. The molecule has 6 nitrogen and oxygen atoms in total. The number of benzene rings is 2. The zero-order valence-electron chi connectivity index (χ0n) is 14.8. The Balaban J connectivity index is 1.63. The Bertz CT molecular complexity index is 881. The zero-order valence-corrected chi connectivity index (χ0v) is 15.6. The third-order valence-electron chi connectivity index (χ3n) is 4.65. The van der Waals surface area contributed by atoms with Crippen LogP contribution >= 0.6 is 0 Å². The van der Waals surface area contributed by atoms with Crippen LogP contribution in [0.5, 0.6) is 0 Å².